The molecule has 3 aromatic rings. The van der Waals surface area contributed by atoms with Crippen molar-refractivity contribution in [2.75, 3.05) is 38.2 Å². The molecule has 1 aromatic heterocycles. The fourth-order valence-corrected chi connectivity index (χ4v) is 5.93. The molecule has 11 heteroatoms. The van der Waals surface area contributed by atoms with Gasteiger partial charge in [0.15, 0.2) is 5.13 Å². The van der Waals surface area contributed by atoms with E-state index in [1.165, 1.54) is 33.8 Å². The van der Waals surface area contributed by atoms with Gasteiger partial charge in [0.05, 0.1) is 22.6 Å². The molecule has 0 spiro atoms. The Morgan fingerprint density at radius 1 is 1.12 bits per heavy atom. The van der Waals surface area contributed by atoms with E-state index in [9.17, 15) is 18.5 Å². The van der Waals surface area contributed by atoms with Crippen molar-refractivity contribution in [1.82, 2.24) is 9.29 Å². The number of non-ortho nitro benzene ring substituents is 1. The fraction of sp³-hybridized carbons (Fsp3) is 0.286. The molecule has 1 aliphatic heterocycles. The quantitative estimate of drug-likeness (QED) is 0.382. The maximum absolute atomic E-state index is 12.9. The van der Waals surface area contributed by atoms with Crippen molar-refractivity contribution < 1.29 is 18.1 Å². The molecule has 0 amide bonds. The molecule has 0 aliphatic carbocycles. The van der Waals surface area contributed by atoms with Crippen LogP contribution in [0.5, 0.6) is 5.75 Å². The van der Waals surface area contributed by atoms with E-state index in [-0.39, 0.29) is 23.7 Å². The molecule has 2 aromatic carbocycles. The second-order valence-electron chi connectivity index (χ2n) is 7.26. The number of para-hydroxylation sites is 1. The van der Waals surface area contributed by atoms with E-state index in [0.29, 0.717) is 19.5 Å². The number of anilines is 1. The van der Waals surface area contributed by atoms with Gasteiger partial charge in [-0.05, 0) is 12.1 Å². The van der Waals surface area contributed by atoms with Crippen LogP contribution in [0.1, 0.15) is 11.3 Å². The average Bonchev–Trinajstić information content (AvgIpc) is 3.28. The molecule has 9 nitrogen and oxygen atoms in total. The highest BCUT2D eigenvalue weighted by Crippen LogP contribution is 2.28. The van der Waals surface area contributed by atoms with Gasteiger partial charge in [0, 0.05) is 55.7 Å². The Bertz CT molecular complexity index is 1220. The summed E-state index contributed by atoms with van der Waals surface area (Å²) in [5, 5.41) is 13.8. The van der Waals surface area contributed by atoms with Crippen LogP contribution in [-0.4, -0.2) is 55.9 Å². The smallest absolute Gasteiger partial charge is 0.270 e. The predicted octanol–water partition coefficient (Wildman–Crippen LogP) is 3.16. The van der Waals surface area contributed by atoms with E-state index in [1.807, 2.05) is 29.6 Å². The number of ether oxygens (including phenoxy) is 1. The number of hydrogen-bond acceptors (Lipinski definition) is 8. The number of piperazine rings is 1. The van der Waals surface area contributed by atoms with Gasteiger partial charge in [-0.25, -0.2) is 13.4 Å². The molecule has 0 unspecified atom stereocenters. The van der Waals surface area contributed by atoms with Gasteiger partial charge >= 0.3 is 0 Å². The van der Waals surface area contributed by atoms with Crippen LogP contribution < -0.4 is 9.64 Å². The fourth-order valence-electron chi connectivity index (χ4n) is 3.59. The van der Waals surface area contributed by atoms with Crippen LogP contribution in [0.2, 0.25) is 0 Å². The highest BCUT2D eigenvalue weighted by molar-refractivity contribution is 7.89. The summed E-state index contributed by atoms with van der Waals surface area (Å²) in [5.74, 6) is 0.821. The van der Waals surface area contributed by atoms with Crippen LogP contribution >= 0.6 is 11.3 Å². The van der Waals surface area contributed by atoms with Gasteiger partial charge in [0.25, 0.3) is 5.69 Å². The lowest BCUT2D eigenvalue weighted by Gasteiger charge is -2.33. The topological polar surface area (TPSA) is 106 Å². The molecule has 1 aliphatic rings. The van der Waals surface area contributed by atoms with Crippen molar-refractivity contribution in [3.8, 4) is 5.75 Å². The normalized spacial score (nSPS) is 15.0. The molecule has 1 fully saturated rings. The SMILES string of the molecule is COc1ccccc1Cc1csc(N2CCN(S(=O)(=O)c3cccc([N+](=O)[O-])c3)CC2)n1. The number of nitro groups is 1. The number of methoxy groups -OCH3 is 1. The van der Waals surface area contributed by atoms with Gasteiger partial charge in [-0.1, -0.05) is 24.3 Å². The lowest BCUT2D eigenvalue weighted by atomic mass is 10.1. The predicted molar refractivity (Wildman–Crippen MR) is 122 cm³/mol. The number of benzene rings is 2. The first-order valence-electron chi connectivity index (χ1n) is 9.94. The molecular weight excluding hydrogens is 452 g/mol. The second-order valence-corrected chi connectivity index (χ2v) is 10.0. The number of thiazole rings is 1. The molecule has 4 rings (SSSR count). The lowest BCUT2D eigenvalue weighted by molar-refractivity contribution is -0.385. The minimum Gasteiger partial charge on any atom is -0.496 e. The first kappa shape index (κ1) is 22.2. The van der Waals surface area contributed by atoms with Gasteiger partial charge in [-0.15, -0.1) is 11.3 Å². The summed E-state index contributed by atoms with van der Waals surface area (Å²) in [7, 11) is -2.15. The zero-order valence-electron chi connectivity index (χ0n) is 17.4. The summed E-state index contributed by atoms with van der Waals surface area (Å²) in [6.45, 7) is 1.56. The number of nitro benzene ring substituents is 1. The largest absolute Gasteiger partial charge is 0.496 e. The first-order valence-corrected chi connectivity index (χ1v) is 12.3. The Morgan fingerprint density at radius 2 is 1.88 bits per heavy atom. The zero-order valence-corrected chi connectivity index (χ0v) is 19.0. The summed E-state index contributed by atoms with van der Waals surface area (Å²) in [6, 6.07) is 13.0. The highest BCUT2D eigenvalue weighted by Gasteiger charge is 2.30. The van der Waals surface area contributed by atoms with E-state index >= 15 is 0 Å². The Hall–Kier alpha value is -3.02. The molecule has 0 atom stereocenters. The highest BCUT2D eigenvalue weighted by atomic mass is 32.2. The third-order valence-electron chi connectivity index (χ3n) is 5.28. The number of nitrogens with zero attached hydrogens (tertiary/aromatic N) is 4. The van der Waals surface area contributed by atoms with Gasteiger partial charge in [0.2, 0.25) is 10.0 Å². The summed E-state index contributed by atoms with van der Waals surface area (Å²) in [5.41, 5.74) is 1.75. The minimum absolute atomic E-state index is 0.0616. The molecule has 0 bridgehead atoms. The molecule has 168 valence electrons. The average molecular weight is 475 g/mol. The first-order chi connectivity index (χ1) is 15.4. The standard InChI is InChI=1S/C21H22N4O5S2/c1-30-20-8-3-2-5-16(20)13-17-15-31-21(22-17)23-9-11-24(12-10-23)32(28,29)19-7-4-6-18(14-19)25(26)27/h2-8,14-15H,9-13H2,1H3. The van der Waals surface area contributed by atoms with Crippen LogP contribution in [0.25, 0.3) is 0 Å². The summed E-state index contributed by atoms with van der Waals surface area (Å²) >= 11 is 1.53. The van der Waals surface area contributed by atoms with Gasteiger partial charge in [-0.2, -0.15) is 4.31 Å². The van der Waals surface area contributed by atoms with Gasteiger partial charge in [-0.3, -0.25) is 10.1 Å². The minimum atomic E-state index is -3.80. The van der Waals surface area contributed by atoms with Crippen molar-refractivity contribution in [3.63, 3.8) is 0 Å². The van der Waals surface area contributed by atoms with E-state index in [4.69, 9.17) is 9.72 Å². The van der Waals surface area contributed by atoms with E-state index in [0.717, 1.165) is 28.2 Å². The van der Waals surface area contributed by atoms with Crippen molar-refractivity contribution in [3.05, 3.63) is 75.3 Å². The maximum Gasteiger partial charge on any atom is 0.270 e. The third kappa shape index (κ3) is 4.59. The second kappa shape index (κ2) is 9.23. The molecule has 0 saturated carbocycles. The molecular formula is C21H22N4O5S2. The Balaban J connectivity index is 1.42. The molecule has 0 radical (unpaired) electrons. The number of hydrogen-bond donors (Lipinski definition) is 0. The van der Waals surface area contributed by atoms with Crippen molar-refractivity contribution in [1.29, 1.82) is 0 Å². The van der Waals surface area contributed by atoms with Crippen LogP contribution in [-0.2, 0) is 16.4 Å². The summed E-state index contributed by atoms with van der Waals surface area (Å²) < 4.78 is 32.6. The maximum atomic E-state index is 12.9. The molecule has 32 heavy (non-hydrogen) atoms. The van der Waals surface area contributed by atoms with E-state index in [2.05, 4.69) is 4.90 Å². The van der Waals surface area contributed by atoms with Crippen molar-refractivity contribution >= 4 is 32.2 Å². The van der Waals surface area contributed by atoms with E-state index in [1.54, 1.807) is 7.11 Å². The summed E-state index contributed by atoms with van der Waals surface area (Å²) in [4.78, 5) is 17.1. The van der Waals surface area contributed by atoms with Crippen LogP contribution in [0.15, 0.2) is 58.8 Å². The van der Waals surface area contributed by atoms with Crippen molar-refractivity contribution in [2.45, 2.75) is 11.3 Å². The van der Waals surface area contributed by atoms with Crippen LogP contribution in [0, 0.1) is 10.1 Å². The van der Waals surface area contributed by atoms with Gasteiger partial charge in [0.1, 0.15) is 5.75 Å². The molecule has 2 heterocycles. The van der Waals surface area contributed by atoms with E-state index < -0.39 is 14.9 Å². The summed E-state index contributed by atoms with van der Waals surface area (Å²) in [6.07, 6.45) is 0.654. The molecule has 1 saturated heterocycles. The third-order valence-corrected chi connectivity index (χ3v) is 8.12. The van der Waals surface area contributed by atoms with Gasteiger partial charge < -0.3 is 9.64 Å². The molecule has 0 N–H and O–H groups in total. The lowest BCUT2D eigenvalue weighted by Crippen LogP contribution is -2.48. The number of sulfonamides is 1. The van der Waals surface area contributed by atoms with Crippen molar-refractivity contribution in [2.24, 2.45) is 0 Å². The Kier molecular flexibility index (Phi) is 6.40. The number of rotatable bonds is 7. The Labute approximate surface area is 190 Å². The monoisotopic (exact) mass is 474 g/mol. The van der Waals surface area contributed by atoms with Crippen LogP contribution in [0.4, 0.5) is 10.8 Å². The number of aromatic nitrogens is 1. The Morgan fingerprint density at radius 3 is 2.59 bits per heavy atom. The zero-order chi connectivity index (χ0) is 22.7. The van der Waals surface area contributed by atoms with Crippen LogP contribution in [0.3, 0.4) is 0 Å².